The molecule has 0 fully saturated rings. The number of carboxylic acid groups (broad SMARTS) is 1. The number of rotatable bonds is 45. The first-order valence-electron chi connectivity index (χ1n) is 26.2. The van der Waals surface area contributed by atoms with Gasteiger partial charge in [-0.2, -0.15) is 0 Å². The monoisotopic (exact) mass is 943 g/mol. The summed E-state index contributed by atoms with van der Waals surface area (Å²) in [6.45, 7) is 4.49. The number of carbonyl (C=O) groups excluding carboxylic acids is 2. The highest BCUT2D eigenvalue weighted by atomic mass is 16.6. The van der Waals surface area contributed by atoms with Crippen molar-refractivity contribution < 1.29 is 38.2 Å². The van der Waals surface area contributed by atoms with Crippen LogP contribution in [0.15, 0.2) is 134 Å². The van der Waals surface area contributed by atoms with Crippen LogP contribution in [0.25, 0.3) is 0 Å². The fraction of sp³-hybridized carbons (Fsp3) is 0.583. The second-order valence-electron chi connectivity index (χ2n) is 18.0. The molecule has 8 nitrogen and oxygen atoms in total. The van der Waals surface area contributed by atoms with Crippen LogP contribution in [-0.2, 0) is 28.6 Å². The Bertz CT molecular complexity index is 1570. The van der Waals surface area contributed by atoms with Crippen LogP contribution >= 0.6 is 0 Å². The molecule has 68 heavy (non-hydrogen) atoms. The van der Waals surface area contributed by atoms with Crippen molar-refractivity contribution in [2.24, 2.45) is 0 Å². The second kappa shape index (κ2) is 48.9. The van der Waals surface area contributed by atoms with Crippen LogP contribution in [0.2, 0.25) is 0 Å². The van der Waals surface area contributed by atoms with Crippen molar-refractivity contribution >= 4 is 17.9 Å². The van der Waals surface area contributed by atoms with E-state index < -0.39 is 18.1 Å². The predicted octanol–water partition coefficient (Wildman–Crippen LogP) is 15.5. The zero-order valence-corrected chi connectivity index (χ0v) is 43.5. The average molecular weight is 943 g/mol. The van der Waals surface area contributed by atoms with Crippen LogP contribution in [0, 0.1) is 0 Å². The molecule has 0 aromatic rings. The highest BCUT2D eigenvalue weighted by molar-refractivity contribution is 5.72. The lowest BCUT2D eigenvalue weighted by Gasteiger charge is -2.31. The quantitative estimate of drug-likeness (QED) is 0.0281. The Kier molecular flexibility index (Phi) is 45.7. The molecule has 2 unspecified atom stereocenters. The number of aliphatic carboxylic acids is 1. The van der Waals surface area contributed by atoms with Crippen LogP contribution in [0.5, 0.6) is 0 Å². The number of hydrogen-bond donors (Lipinski definition) is 1. The molecule has 0 aliphatic heterocycles. The Balaban J connectivity index is 4.43. The molecule has 0 saturated heterocycles. The fourth-order valence-corrected chi connectivity index (χ4v) is 6.77. The molecule has 0 spiro atoms. The van der Waals surface area contributed by atoms with Gasteiger partial charge in [-0.3, -0.25) is 9.59 Å². The minimum atomic E-state index is -0.892. The van der Waals surface area contributed by atoms with Gasteiger partial charge in [-0.1, -0.05) is 180 Å². The van der Waals surface area contributed by atoms with E-state index >= 15 is 0 Å². The van der Waals surface area contributed by atoms with Gasteiger partial charge in [-0.15, -0.1) is 0 Å². The Hall–Kier alpha value is -4.53. The molecule has 0 bridgehead atoms. The molecular formula is C60H96NO7+. The lowest BCUT2D eigenvalue weighted by Crippen LogP contribution is -2.50. The van der Waals surface area contributed by atoms with Crippen LogP contribution in [-0.4, -0.2) is 80.6 Å². The summed E-state index contributed by atoms with van der Waals surface area (Å²) in [4.78, 5) is 37.2. The van der Waals surface area contributed by atoms with Gasteiger partial charge in [-0.25, -0.2) is 4.79 Å². The Morgan fingerprint density at radius 1 is 0.456 bits per heavy atom. The number of likely N-dealkylation sites (N-methyl/N-ethyl adjacent to an activating group) is 1. The molecule has 382 valence electrons. The van der Waals surface area contributed by atoms with E-state index in [2.05, 4.69) is 148 Å². The first-order chi connectivity index (χ1) is 33.1. The number of ether oxygens (including phenoxy) is 3. The molecule has 0 aliphatic rings. The van der Waals surface area contributed by atoms with Crippen LogP contribution < -0.4 is 0 Å². The highest BCUT2D eigenvalue weighted by Crippen LogP contribution is 2.12. The van der Waals surface area contributed by atoms with E-state index in [9.17, 15) is 19.5 Å². The van der Waals surface area contributed by atoms with E-state index in [0.29, 0.717) is 12.8 Å². The van der Waals surface area contributed by atoms with Gasteiger partial charge in [0.1, 0.15) is 6.61 Å². The number of unbranched alkanes of at least 4 members (excludes halogenated alkanes) is 9. The molecular weight excluding hydrogens is 847 g/mol. The van der Waals surface area contributed by atoms with E-state index in [-0.39, 0.29) is 49.1 Å². The number of carbonyl (C=O) groups is 3. The van der Waals surface area contributed by atoms with Crippen LogP contribution in [0.3, 0.4) is 0 Å². The molecule has 0 aromatic carbocycles. The Morgan fingerprint density at radius 3 is 1.26 bits per heavy atom. The van der Waals surface area contributed by atoms with Gasteiger partial charge in [-0.05, 0) is 109 Å². The van der Waals surface area contributed by atoms with Crippen molar-refractivity contribution in [1.82, 2.24) is 0 Å². The van der Waals surface area contributed by atoms with Crippen molar-refractivity contribution in [3.8, 4) is 0 Å². The minimum Gasteiger partial charge on any atom is -0.477 e. The van der Waals surface area contributed by atoms with Gasteiger partial charge in [0.25, 0.3) is 0 Å². The molecule has 0 heterocycles. The lowest BCUT2D eigenvalue weighted by molar-refractivity contribution is -0.887. The third-order valence-electron chi connectivity index (χ3n) is 10.8. The summed E-state index contributed by atoms with van der Waals surface area (Å²) < 4.78 is 17.3. The fourth-order valence-electron chi connectivity index (χ4n) is 6.77. The summed E-state index contributed by atoms with van der Waals surface area (Å²) in [6, 6.07) is -0.637. The van der Waals surface area contributed by atoms with Gasteiger partial charge in [0.2, 0.25) is 0 Å². The third-order valence-corrected chi connectivity index (χ3v) is 10.8. The summed E-state index contributed by atoms with van der Waals surface area (Å²) in [5.74, 6) is -1.59. The van der Waals surface area contributed by atoms with E-state index in [0.717, 1.165) is 109 Å². The maximum Gasteiger partial charge on any atom is 0.362 e. The summed E-state index contributed by atoms with van der Waals surface area (Å²) in [5.41, 5.74) is 0. The average Bonchev–Trinajstić information content (AvgIpc) is 3.30. The first-order valence-corrected chi connectivity index (χ1v) is 26.2. The Labute approximate surface area is 415 Å². The van der Waals surface area contributed by atoms with Gasteiger partial charge in [0, 0.05) is 19.3 Å². The summed E-state index contributed by atoms with van der Waals surface area (Å²) >= 11 is 0. The van der Waals surface area contributed by atoms with E-state index in [1.807, 2.05) is 21.1 Å². The van der Waals surface area contributed by atoms with E-state index in [1.54, 1.807) is 0 Å². The number of allylic oxidation sites excluding steroid dienone is 22. The largest absolute Gasteiger partial charge is 0.477 e. The molecule has 8 heteroatoms. The number of hydrogen-bond acceptors (Lipinski definition) is 6. The first kappa shape index (κ1) is 63.5. The minimum absolute atomic E-state index is 0.0251. The van der Waals surface area contributed by atoms with E-state index in [4.69, 9.17) is 14.2 Å². The molecule has 0 aromatic heterocycles. The van der Waals surface area contributed by atoms with Gasteiger partial charge in [0.15, 0.2) is 12.1 Å². The summed E-state index contributed by atoms with van der Waals surface area (Å²) in [5, 5.41) is 9.66. The van der Waals surface area contributed by atoms with Gasteiger partial charge < -0.3 is 23.8 Å². The molecule has 2 atom stereocenters. The Morgan fingerprint density at radius 2 is 0.838 bits per heavy atom. The van der Waals surface area contributed by atoms with Crippen molar-refractivity contribution in [1.29, 1.82) is 0 Å². The standard InChI is InChI=1S/C60H95NO7/c1-6-8-10-12-14-16-18-20-22-24-26-28-29-31-32-34-36-38-40-42-44-46-48-50-58(62)67-55-56(54-66-53-52-57(60(64)65)61(3,4)5)68-59(63)51-49-47-45-43-41-39-37-35-33-30-27-25-23-21-19-17-15-13-11-9-7-2/h8,10,14-17,20-23,26-28,30-32,35-38,42,44,56-57H,6-7,9,11-13,18-19,24-25,29,33-34,39-41,43,45-55H2,1-5H3/p+1/b10-8+,16-14+,17-15+,22-20+,23-21+,28-26+,30-27+,32-31+,37-35+,38-36+,44-42+. The van der Waals surface area contributed by atoms with Crippen molar-refractivity contribution in [3.05, 3.63) is 134 Å². The molecule has 0 saturated carbocycles. The number of carboxylic acids is 1. The van der Waals surface area contributed by atoms with Crippen LogP contribution in [0.4, 0.5) is 0 Å². The molecule has 1 N–H and O–H groups in total. The smallest absolute Gasteiger partial charge is 0.362 e. The van der Waals surface area contributed by atoms with Crippen molar-refractivity contribution in [2.75, 3.05) is 41.0 Å². The number of quaternary nitrogens is 1. The van der Waals surface area contributed by atoms with Gasteiger partial charge in [0.05, 0.1) is 34.4 Å². The maximum atomic E-state index is 12.8. The van der Waals surface area contributed by atoms with Crippen molar-refractivity contribution in [3.63, 3.8) is 0 Å². The lowest BCUT2D eigenvalue weighted by atomic mass is 10.1. The summed E-state index contributed by atoms with van der Waals surface area (Å²) in [7, 11) is 5.50. The SMILES string of the molecule is CC/C=C/C/C=C/C/C=C/C/C=C/C/C=C/C/C=C/C/C=C/CCCC(=O)OCC(COCCC(C(=O)O)[N+](C)(C)C)OC(=O)CCCCCCC/C=C/C/C=C/C/C=C/C/C=C/CCCCC. The number of esters is 2. The second-order valence-corrected chi connectivity index (χ2v) is 18.0. The predicted molar refractivity (Wildman–Crippen MR) is 288 cm³/mol. The highest BCUT2D eigenvalue weighted by Gasteiger charge is 2.31. The molecule has 0 aliphatic carbocycles. The van der Waals surface area contributed by atoms with E-state index in [1.165, 1.54) is 25.7 Å². The molecule has 0 amide bonds. The zero-order chi connectivity index (χ0) is 49.9. The molecule has 0 rings (SSSR count). The topological polar surface area (TPSA) is 99.1 Å². The number of nitrogens with zero attached hydrogens (tertiary/aromatic N) is 1. The zero-order valence-electron chi connectivity index (χ0n) is 43.5. The normalized spacial score (nSPS) is 14.0. The third kappa shape index (κ3) is 46.6. The maximum absolute atomic E-state index is 12.8. The van der Waals surface area contributed by atoms with Crippen LogP contribution in [0.1, 0.15) is 174 Å². The summed E-state index contributed by atoms with van der Waals surface area (Å²) in [6.07, 6.45) is 70.8. The van der Waals surface area contributed by atoms with Gasteiger partial charge >= 0.3 is 17.9 Å². The van der Waals surface area contributed by atoms with Crippen molar-refractivity contribution in [2.45, 2.75) is 187 Å². The molecule has 0 radical (unpaired) electrons.